The average molecular weight is 194 g/mol. The summed E-state index contributed by atoms with van der Waals surface area (Å²) in [5.41, 5.74) is 1.30. The first kappa shape index (κ1) is 9.21. The lowest BCUT2D eigenvalue weighted by atomic mass is 10.1. The molecule has 0 radical (unpaired) electrons. The lowest BCUT2D eigenvalue weighted by Crippen LogP contribution is -2.22. The second-order valence-electron chi connectivity index (χ2n) is 3.42. The topological polar surface area (TPSA) is 62.7 Å². The van der Waals surface area contributed by atoms with Gasteiger partial charge in [0.2, 0.25) is 0 Å². The fourth-order valence-electron chi connectivity index (χ4n) is 1.59. The van der Waals surface area contributed by atoms with Crippen molar-refractivity contribution in [3.63, 3.8) is 0 Å². The Bertz CT molecular complexity index is 376. The Kier molecular flexibility index (Phi) is 2.78. The number of nitrogens with zero attached hydrogens (tertiary/aromatic N) is 2. The van der Waals surface area contributed by atoms with E-state index in [1.54, 1.807) is 10.9 Å². The van der Waals surface area contributed by atoms with Gasteiger partial charge >= 0.3 is 5.69 Å². The molecular weight excluding hydrogens is 180 g/mol. The van der Waals surface area contributed by atoms with E-state index in [0.29, 0.717) is 0 Å². The van der Waals surface area contributed by atoms with Gasteiger partial charge in [-0.25, -0.2) is 9.89 Å². The highest BCUT2D eigenvalue weighted by atomic mass is 16.1. The van der Waals surface area contributed by atoms with Crippen molar-refractivity contribution in [1.29, 1.82) is 0 Å². The summed E-state index contributed by atoms with van der Waals surface area (Å²) in [6, 6.07) is 0. The van der Waals surface area contributed by atoms with Crippen LogP contribution in [0.15, 0.2) is 22.8 Å². The quantitative estimate of drug-likeness (QED) is 0.659. The predicted molar refractivity (Wildman–Crippen MR) is 53.0 cm³/mol. The molecule has 0 aliphatic carbocycles. The molecule has 0 amide bonds. The first-order chi connectivity index (χ1) is 6.86. The van der Waals surface area contributed by atoms with E-state index in [-0.39, 0.29) is 5.69 Å². The molecule has 1 aromatic heterocycles. The van der Waals surface area contributed by atoms with Gasteiger partial charge < -0.3 is 5.32 Å². The molecular formula is C9H14N4O. The van der Waals surface area contributed by atoms with Crippen molar-refractivity contribution in [1.82, 2.24) is 20.1 Å². The van der Waals surface area contributed by atoms with E-state index in [2.05, 4.69) is 21.6 Å². The normalized spacial score (nSPS) is 16.7. The highest BCUT2D eigenvalue weighted by Gasteiger charge is 2.03. The largest absolute Gasteiger partial charge is 0.343 e. The van der Waals surface area contributed by atoms with Crippen LogP contribution in [0.4, 0.5) is 0 Å². The zero-order valence-corrected chi connectivity index (χ0v) is 7.99. The Hall–Kier alpha value is -1.36. The molecule has 0 aromatic carbocycles. The first-order valence-corrected chi connectivity index (χ1v) is 4.85. The molecule has 5 nitrogen and oxygen atoms in total. The molecule has 0 unspecified atom stereocenters. The number of H-pyrrole nitrogens is 1. The monoisotopic (exact) mass is 194 g/mol. The third kappa shape index (κ3) is 2.11. The molecule has 0 bridgehead atoms. The highest BCUT2D eigenvalue weighted by Crippen LogP contribution is 2.09. The van der Waals surface area contributed by atoms with Gasteiger partial charge in [-0.2, -0.15) is 5.10 Å². The number of aromatic nitrogens is 3. The Labute approximate surface area is 81.8 Å². The van der Waals surface area contributed by atoms with E-state index in [0.717, 1.165) is 32.5 Å². The Balaban J connectivity index is 1.91. The second kappa shape index (κ2) is 4.23. The second-order valence-corrected chi connectivity index (χ2v) is 3.42. The van der Waals surface area contributed by atoms with Gasteiger partial charge in [-0.3, -0.25) is 4.57 Å². The molecule has 1 aliphatic heterocycles. The lowest BCUT2D eigenvalue weighted by Gasteiger charge is -2.13. The van der Waals surface area contributed by atoms with E-state index in [4.69, 9.17) is 0 Å². The maximum Gasteiger partial charge on any atom is 0.343 e. The van der Waals surface area contributed by atoms with E-state index in [1.165, 1.54) is 5.57 Å². The summed E-state index contributed by atoms with van der Waals surface area (Å²) in [7, 11) is 0. The lowest BCUT2D eigenvalue weighted by molar-refractivity contribution is 0.619. The highest BCUT2D eigenvalue weighted by molar-refractivity contribution is 5.06. The summed E-state index contributed by atoms with van der Waals surface area (Å²) in [5.74, 6) is 0. The third-order valence-electron chi connectivity index (χ3n) is 2.45. The van der Waals surface area contributed by atoms with Crippen molar-refractivity contribution in [3.8, 4) is 0 Å². The van der Waals surface area contributed by atoms with Crippen molar-refractivity contribution in [2.24, 2.45) is 0 Å². The molecule has 2 rings (SSSR count). The fourth-order valence-corrected chi connectivity index (χ4v) is 1.59. The predicted octanol–water partition coefficient (Wildman–Crippen LogP) is -0.119. The van der Waals surface area contributed by atoms with Crippen LogP contribution < -0.4 is 11.0 Å². The minimum atomic E-state index is -0.125. The third-order valence-corrected chi connectivity index (χ3v) is 2.45. The molecule has 1 aliphatic rings. The van der Waals surface area contributed by atoms with Crippen LogP contribution >= 0.6 is 0 Å². The standard InChI is InChI=1S/C9H14N4O/c14-9-12-11-7-13(9)6-3-8-1-4-10-5-2-8/h1,7,10H,2-6H2,(H,12,14). The van der Waals surface area contributed by atoms with Crippen LogP contribution in [0.2, 0.25) is 0 Å². The number of rotatable bonds is 3. The SMILES string of the molecule is O=c1[nH]ncn1CCC1=CCNCC1. The number of hydrogen-bond acceptors (Lipinski definition) is 3. The molecule has 1 aromatic rings. The molecule has 5 heteroatoms. The van der Waals surface area contributed by atoms with Crippen LogP contribution in [0.3, 0.4) is 0 Å². The van der Waals surface area contributed by atoms with Crippen LogP contribution in [-0.2, 0) is 6.54 Å². The van der Waals surface area contributed by atoms with Gasteiger partial charge in [-0.15, -0.1) is 0 Å². The number of aryl methyl sites for hydroxylation is 1. The molecule has 14 heavy (non-hydrogen) atoms. The Morgan fingerprint density at radius 1 is 1.57 bits per heavy atom. The van der Waals surface area contributed by atoms with Gasteiger partial charge in [0.15, 0.2) is 0 Å². The van der Waals surface area contributed by atoms with E-state index < -0.39 is 0 Å². The number of hydrogen-bond donors (Lipinski definition) is 2. The van der Waals surface area contributed by atoms with E-state index in [9.17, 15) is 4.79 Å². The average Bonchev–Trinajstić information content (AvgIpc) is 2.63. The van der Waals surface area contributed by atoms with Gasteiger partial charge in [-0.05, 0) is 19.4 Å². The molecule has 76 valence electrons. The maximum absolute atomic E-state index is 11.1. The van der Waals surface area contributed by atoms with E-state index in [1.807, 2.05) is 0 Å². The van der Waals surface area contributed by atoms with Gasteiger partial charge in [-0.1, -0.05) is 11.6 Å². The molecule has 0 saturated heterocycles. The summed E-state index contributed by atoms with van der Waals surface area (Å²) < 4.78 is 1.60. The minimum Gasteiger partial charge on any atom is -0.313 e. The minimum absolute atomic E-state index is 0.125. The van der Waals surface area contributed by atoms with Crippen molar-refractivity contribution in [3.05, 3.63) is 28.5 Å². The van der Waals surface area contributed by atoms with Crippen LogP contribution in [-0.4, -0.2) is 27.9 Å². The first-order valence-electron chi connectivity index (χ1n) is 4.85. The molecule has 2 heterocycles. The fraction of sp³-hybridized carbons (Fsp3) is 0.556. The van der Waals surface area contributed by atoms with Crippen LogP contribution in [0.25, 0.3) is 0 Å². The summed E-state index contributed by atoms with van der Waals surface area (Å²) in [6.45, 7) is 2.73. The maximum atomic E-state index is 11.1. The van der Waals surface area contributed by atoms with Gasteiger partial charge in [0.1, 0.15) is 6.33 Å². The summed E-state index contributed by atoms with van der Waals surface area (Å²) in [5, 5.41) is 9.32. The molecule has 2 N–H and O–H groups in total. The summed E-state index contributed by atoms with van der Waals surface area (Å²) in [6.07, 6.45) is 5.78. The molecule has 0 spiro atoms. The van der Waals surface area contributed by atoms with Crippen molar-refractivity contribution in [2.45, 2.75) is 19.4 Å². The Morgan fingerprint density at radius 2 is 2.50 bits per heavy atom. The van der Waals surface area contributed by atoms with Crippen molar-refractivity contribution < 1.29 is 0 Å². The van der Waals surface area contributed by atoms with Crippen LogP contribution in [0.5, 0.6) is 0 Å². The van der Waals surface area contributed by atoms with Crippen LogP contribution in [0.1, 0.15) is 12.8 Å². The molecule has 0 atom stereocenters. The van der Waals surface area contributed by atoms with Crippen LogP contribution in [0, 0.1) is 0 Å². The molecule has 0 fully saturated rings. The van der Waals surface area contributed by atoms with Gasteiger partial charge in [0, 0.05) is 13.1 Å². The van der Waals surface area contributed by atoms with Crippen molar-refractivity contribution >= 4 is 0 Å². The molecule has 0 saturated carbocycles. The summed E-state index contributed by atoms with van der Waals surface area (Å²) in [4.78, 5) is 11.1. The van der Waals surface area contributed by atoms with E-state index >= 15 is 0 Å². The summed E-state index contributed by atoms with van der Waals surface area (Å²) >= 11 is 0. The smallest absolute Gasteiger partial charge is 0.313 e. The van der Waals surface area contributed by atoms with Gasteiger partial charge in [0.25, 0.3) is 0 Å². The van der Waals surface area contributed by atoms with Crippen molar-refractivity contribution in [2.75, 3.05) is 13.1 Å². The zero-order chi connectivity index (χ0) is 9.80. The number of aromatic amines is 1. The van der Waals surface area contributed by atoms with Gasteiger partial charge in [0.05, 0.1) is 0 Å². The zero-order valence-electron chi connectivity index (χ0n) is 7.99. The number of nitrogens with one attached hydrogen (secondary N) is 2. The Morgan fingerprint density at radius 3 is 3.14 bits per heavy atom.